The molecule has 0 saturated heterocycles. The van der Waals surface area contributed by atoms with Crippen molar-refractivity contribution in [3.63, 3.8) is 0 Å². The zero-order valence-electron chi connectivity index (χ0n) is 22.2. The molecule has 0 spiro atoms. The second-order valence-electron chi connectivity index (χ2n) is 9.94. The Balaban J connectivity index is 1.40. The van der Waals surface area contributed by atoms with Crippen molar-refractivity contribution in [2.75, 3.05) is 0 Å². The van der Waals surface area contributed by atoms with E-state index in [0.717, 1.165) is 33.1 Å². The number of para-hydroxylation sites is 2. The monoisotopic (exact) mass is 610 g/mol. The molecule has 0 N–H and O–H groups in total. The molecule has 7 rings (SSSR count). The van der Waals surface area contributed by atoms with Gasteiger partial charge in [-0.05, 0) is 67.1 Å². The van der Waals surface area contributed by atoms with E-state index in [1.807, 2.05) is 61.5 Å². The van der Waals surface area contributed by atoms with Crippen LogP contribution in [0.2, 0.25) is 15.1 Å². The molecule has 4 aromatic carbocycles. The highest BCUT2D eigenvalue weighted by Crippen LogP contribution is 2.31. The summed E-state index contributed by atoms with van der Waals surface area (Å²) in [6.07, 6.45) is 1.71. The number of hydrogen-bond acceptors (Lipinski definition) is 4. The molecule has 9 heteroatoms. The predicted molar refractivity (Wildman–Crippen MR) is 171 cm³/mol. The van der Waals surface area contributed by atoms with Gasteiger partial charge in [-0.2, -0.15) is 9.78 Å². The summed E-state index contributed by atoms with van der Waals surface area (Å²) in [6.45, 7) is 2.57. The van der Waals surface area contributed by atoms with Crippen LogP contribution in [0.15, 0.2) is 105 Å². The van der Waals surface area contributed by atoms with Gasteiger partial charge in [0.25, 0.3) is 5.56 Å². The minimum Gasteiger partial charge on any atom is -0.453 e. The van der Waals surface area contributed by atoms with Crippen molar-refractivity contribution in [3.8, 4) is 11.6 Å². The third-order valence-electron chi connectivity index (χ3n) is 7.38. The minimum absolute atomic E-state index is 0.289. The average Bonchev–Trinajstić information content (AvgIpc) is 3.52. The van der Waals surface area contributed by atoms with Gasteiger partial charge in [-0.1, -0.05) is 71.2 Å². The Morgan fingerprint density at radius 2 is 1.62 bits per heavy atom. The molecule has 3 heterocycles. The predicted octanol–water partition coefficient (Wildman–Crippen LogP) is 8.96. The SMILES string of the molecule is Cc1c(C=Nn2c(-c3cc4cc(Cl)ccc4o3)nc3ccccc3c2=O)c2ccccc2n1Cc1ccc(Cl)cc1Cl. The highest BCUT2D eigenvalue weighted by molar-refractivity contribution is 6.35. The number of benzene rings is 4. The minimum atomic E-state index is -0.306. The molecule has 0 amide bonds. The summed E-state index contributed by atoms with van der Waals surface area (Å²) < 4.78 is 9.58. The molecule has 0 fully saturated rings. The molecule has 0 aliphatic carbocycles. The van der Waals surface area contributed by atoms with Crippen molar-refractivity contribution in [3.05, 3.63) is 133 Å². The van der Waals surface area contributed by atoms with E-state index in [2.05, 4.69) is 10.6 Å². The number of nitrogens with zero attached hydrogens (tertiary/aromatic N) is 4. The first-order chi connectivity index (χ1) is 20.4. The Labute approximate surface area is 255 Å². The van der Waals surface area contributed by atoms with Gasteiger partial charge < -0.3 is 8.98 Å². The van der Waals surface area contributed by atoms with Gasteiger partial charge in [0.2, 0.25) is 5.82 Å². The molecular formula is C33H21Cl3N4O2. The third kappa shape index (κ3) is 4.58. The molecule has 206 valence electrons. The second kappa shape index (κ2) is 10.5. The third-order valence-corrected chi connectivity index (χ3v) is 8.20. The maximum absolute atomic E-state index is 13.8. The first-order valence-electron chi connectivity index (χ1n) is 13.1. The van der Waals surface area contributed by atoms with E-state index < -0.39 is 0 Å². The van der Waals surface area contributed by atoms with Crippen molar-refractivity contribution in [1.82, 2.24) is 14.2 Å². The van der Waals surface area contributed by atoms with E-state index in [4.69, 9.17) is 49.3 Å². The van der Waals surface area contributed by atoms with Gasteiger partial charge in [0.15, 0.2) is 5.76 Å². The summed E-state index contributed by atoms with van der Waals surface area (Å²) in [5.74, 6) is 0.695. The Bertz CT molecular complexity index is 2260. The van der Waals surface area contributed by atoms with E-state index in [1.165, 1.54) is 4.68 Å². The van der Waals surface area contributed by atoms with Crippen molar-refractivity contribution >= 4 is 73.8 Å². The molecule has 0 atom stereocenters. The Morgan fingerprint density at radius 1 is 0.881 bits per heavy atom. The Morgan fingerprint density at radius 3 is 2.45 bits per heavy atom. The van der Waals surface area contributed by atoms with Crippen LogP contribution in [0, 0.1) is 6.92 Å². The standard InChI is InChI=1S/C33H21Cl3N4O2/c1-19-26(24-6-3-5-9-29(24)39(19)18-20-10-11-23(35)16-27(20)36)17-37-40-32(38-28-8-4-2-7-25(28)33(40)41)31-15-21-14-22(34)12-13-30(21)42-31/h2-17H,18H2,1H3. The van der Waals surface area contributed by atoms with Crippen LogP contribution in [-0.2, 0) is 6.54 Å². The maximum atomic E-state index is 13.8. The van der Waals surface area contributed by atoms with Crippen LogP contribution in [0.1, 0.15) is 16.8 Å². The summed E-state index contributed by atoms with van der Waals surface area (Å²) >= 11 is 18.9. The first-order valence-corrected chi connectivity index (χ1v) is 14.3. The van der Waals surface area contributed by atoms with Crippen LogP contribution < -0.4 is 5.56 Å². The van der Waals surface area contributed by atoms with Crippen molar-refractivity contribution in [1.29, 1.82) is 0 Å². The molecular weight excluding hydrogens is 591 g/mol. The zero-order chi connectivity index (χ0) is 29.0. The summed E-state index contributed by atoms with van der Waals surface area (Å²) in [6, 6.07) is 27.9. The fourth-order valence-corrected chi connectivity index (χ4v) is 5.92. The fourth-order valence-electron chi connectivity index (χ4n) is 5.27. The van der Waals surface area contributed by atoms with Crippen LogP contribution >= 0.6 is 34.8 Å². The van der Waals surface area contributed by atoms with E-state index in [9.17, 15) is 4.79 Å². The van der Waals surface area contributed by atoms with Crippen molar-refractivity contribution in [2.45, 2.75) is 13.5 Å². The highest BCUT2D eigenvalue weighted by atomic mass is 35.5. The van der Waals surface area contributed by atoms with E-state index >= 15 is 0 Å². The van der Waals surface area contributed by atoms with Gasteiger partial charge in [-0.15, -0.1) is 0 Å². The number of fused-ring (bicyclic) bond motifs is 3. The zero-order valence-corrected chi connectivity index (χ0v) is 24.5. The lowest BCUT2D eigenvalue weighted by atomic mass is 10.1. The van der Waals surface area contributed by atoms with Crippen LogP contribution in [0.4, 0.5) is 0 Å². The average molecular weight is 612 g/mol. The summed E-state index contributed by atoms with van der Waals surface area (Å²) in [5.41, 5.74) is 4.67. The number of aromatic nitrogens is 3. The van der Waals surface area contributed by atoms with E-state index in [1.54, 1.807) is 36.5 Å². The van der Waals surface area contributed by atoms with Crippen LogP contribution in [0.5, 0.6) is 0 Å². The molecule has 7 aromatic rings. The van der Waals surface area contributed by atoms with Gasteiger partial charge in [0, 0.05) is 49.2 Å². The Hall–Kier alpha value is -4.36. The quantitative estimate of drug-likeness (QED) is 0.183. The number of halogens is 3. The molecule has 0 unspecified atom stereocenters. The molecule has 0 aliphatic rings. The number of furan rings is 1. The van der Waals surface area contributed by atoms with Crippen LogP contribution in [0.25, 0.3) is 44.4 Å². The number of rotatable bonds is 5. The molecule has 6 nitrogen and oxygen atoms in total. The fraction of sp³-hybridized carbons (Fsp3) is 0.0606. The lowest BCUT2D eigenvalue weighted by molar-refractivity contribution is 0.616. The molecule has 0 saturated carbocycles. The van der Waals surface area contributed by atoms with Gasteiger partial charge in [0.1, 0.15) is 5.58 Å². The van der Waals surface area contributed by atoms with E-state index in [-0.39, 0.29) is 11.4 Å². The lowest BCUT2D eigenvalue weighted by Gasteiger charge is -2.10. The summed E-state index contributed by atoms with van der Waals surface area (Å²) in [5, 5.41) is 8.74. The molecule has 0 aliphatic heterocycles. The van der Waals surface area contributed by atoms with Crippen LogP contribution in [-0.4, -0.2) is 20.4 Å². The van der Waals surface area contributed by atoms with E-state index in [0.29, 0.717) is 43.9 Å². The summed E-state index contributed by atoms with van der Waals surface area (Å²) in [7, 11) is 0. The van der Waals surface area contributed by atoms with Gasteiger partial charge >= 0.3 is 0 Å². The molecule has 0 radical (unpaired) electrons. The number of hydrogen-bond donors (Lipinski definition) is 0. The lowest BCUT2D eigenvalue weighted by Crippen LogP contribution is -2.20. The first kappa shape index (κ1) is 26.5. The summed E-state index contributed by atoms with van der Waals surface area (Å²) in [4.78, 5) is 18.6. The smallest absolute Gasteiger partial charge is 0.282 e. The highest BCUT2D eigenvalue weighted by Gasteiger charge is 2.18. The van der Waals surface area contributed by atoms with Crippen molar-refractivity contribution < 1.29 is 4.42 Å². The van der Waals surface area contributed by atoms with Crippen LogP contribution in [0.3, 0.4) is 0 Å². The van der Waals surface area contributed by atoms with Gasteiger partial charge in [-0.3, -0.25) is 4.79 Å². The van der Waals surface area contributed by atoms with Crippen molar-refractivity contribution in [2.24, 2.45) is 5.10 Å². The molecule has 42 heavy (non-hydrogen) atoms. The normalized spacial score (nSPS) is 11.9. The van der Waals surface area contributed by atoms with Gasteiger partial charge in [0.05, 0.1) is 17.1 Å². The molecule has 0 bridgehead atoms. The topological polar surface area (TPSA) is 65.3 Å². The second-order valence-corrected chi connectivity index (χ2v) is 11.2. The molecule has 3 aromatic heterocycles. The Kier molecular flexibility index (Phi) is 6.62. The van der Waals surface area contributed by atoms with Gasteiger partial charge in [-0.25, -0.2) is 4.98 Å². The largest absolute Gasteiger partial charge is 0.453 e. The maximum Gasteiger partial charge on any atom is 0.282 e.